The van der Waals surface area contributed by atoms with Crippen molar-refractivity contribution in [2.75, 3.05) is 19.3 Å². The number of hydrogen-bond donors (Lipinski definition) is 2. The molecule has 1 aliphatic rings. The molecule has 0 radical (unpaired) electrons. The Morgan fingerprint density at radius 3 is 2.46 bits per heavy atom. The van der Waals surface area contributed by atoms with Crippen molar-refractivity contribution in [2.45, 2.75) is 31.7 Å². The van der Waals surface area contributed by atoms with Gasteiger partial charge in [0.15, 0.2) is 0 Å². The van der Waals surface area contributed by atoms with E-state index in [2.05, 4.69) is 10.0 Å². The average Bonchev–Trinajstić information content (AvgIpc) is 2.57. The Morgan fingerprint density at radius 2 is 1.92 bits per heavy atom. The fourth-order valence-electron chi connectivity index (χ4n) is 1.63. The molecule has 0 unspecified atom stereocenters. The monoisotopic (exact) mass is 206 g/mol. The van der Waals surface area contributed by atoms with Crippen LogP contribution in [0.3, 0.4) is 0 Å². The van der Waals surface area contributed by atoms with Crippen molar-refractivity contribution in [3.05, 3.63) is 0 Å². The molecule has 1 fully saturated rings. The zero-order valence-electron chi connectivity index (χ0n) is 8.04. The zero-order chi connectivity index (χ0) is 9.73. The molecule has 0 aliphatic heterocycles. The van der Waals surface area contributed by atoms with Gasteiger partial charge in [0.25, 0.3) is 0 Å². The van der Waals surface area contributed by atoms with Gasteiger partial charge < -0.3 is 5.32 Å². The second-order valence-corrected chi connectivity index (χ2v) is 5.50. The van der Waals surface area contributed by atoms with Crippen molar-refractivity contribution in [1.82, 2.24) is 10.0 Å². The van der Waals surface area contributed by atoms with Gasteiger partial charge in [-0.25, -0.2) is 13.1 Å². The third-order valence-corrected chi connectivity index (χ3v) is 3.83. The summed E-state index contributed by atoms with van der Waals surface area (Å²) in [6.45, 7) is 0.563. The minimum Gasteiger partial charge on any atom is -0.313 e. The van der Waals surface area contributed by atoms with E-state index in [0.717, 1.165) is 0 Å². The molecule has 0 atom stereocenters. The third kappa shape index (κ3) is 4.06. The summed E-state index contributed by atoms with van der Waals surface area (Å²) in [7, 11) is -1.57. The number of nitrogens with one attached hydrogen (secondary N) is 2. The average molecular weight is 206 g/mol. The molecule has 0 saturated heterocycles. The summed E-state index contributed by atoms with van der Waals surface area (Å²) >= 11 is 0. The quantitative estimate of drug-likeness (QED) is 0.669. The lowest BCUT2D eigenvalue weighted by atomic mass is 10.2. The van der Waals surface area contributed by atoms with Gasteiger partial charge in [-0.2, -0.15) is 0 Å². The molecule has 1 aliphatic carbocycles. The van der Waals surface area contributed by atoms with Crippen LogP contribution in [0.4, 0.5) is 0 Å². The highest BCUT2D eigenvalue weighted by molar-refractivity contribution is 7.89. The zero-order valence-corrected chi connectivity index (χ0v) is 8.86. The van der Waals surface area contributed by atoms with Crippen LogP contribution < -0.4 is 10.0 Å². The van der Waals surface area contributed by atoms with E-state index in [0.29, 0.717) is 12.6 Å². The molecule has 2 N–H and O–H groups in total. The predicted octanol–water partition coefficient (Wildman–Crippen LogP) is 0.0678. The normalized spacial score (nSPS) is 19.5. The lowest BCUT2D eigenvalue weighted by molar-refractivity contribution is 0.534. The van der Waals surface area contributed by atoms with E-state index in [1.165, 1.54) is 32.7 Å². The molecule has 0 heterocycles. The van der Waals surface area contributed by atoms with Crippen LogP contribution in [0.2, 0.25) is 0 Å². The van der Waals surface area contributed by atoms with Crippen molar-refractivity contribution in [3.63, 3.8) is 0 Å². The Balaban J connectivity index is 2.13. The molecule has 1 rings (SSSR count). The van der Waals surface area contributed by atoms with Crippen LogP contribution in [0, 0.1) is 0 Å². The molecular formula is C8H18N2O2S. The highest BCUT2D eigenvalue weighted by Gasteiger charge is 2.14. The van der Waals surface area contributed by atoms with E-state index >= 15 is 0 Å². The van der Waals surface area contributed by atoms with Crippen molar-refractivity contribution in [1.29, 1.82) is 0 Å². The second-order valence-electron chi connectivity index (χ2n) is 3.46. The lowest BCUT2D eigenvalue weighted by Gasteiger charge is -2.10. The van der Waals surface area contributed by atoms with Crippen molar-refractivity contribution in [2.24, 2.45) is 0 Å². The molecule has 0 spiro atoms. The van der Waals surface area contributed by atoms with Crippen LogP contribution in [0.15, 0.2) is 0 Å². The Bertz CT molecular complexity index is 233. The van der Waals surface area contributed by atoms with Gasteiger partial charge in [0.2, 0.25) is 10.0 Å². The molecule has 0 amide bonds. The minimum atomic E-state index is -3.02. The summed E-state index contributed by atoms with van der Waals surface area (Å²) in [4.78, 5) is 0. The predicted molar refractivity (Wildman–Crippen MR) is 53.1 cm³/mol. The smallest absolute Gasteiger partial charge is 0.212 e. The molecule has 0 aromatic rings. The minimum absolute atomic E-state index is 0.181. The molecule has 1 saturated carbocycles. The first-order valence-electron chi connectivity index (χ1n) is 4.78. The third-order valence-electron chi connectivity index (χ3n) is 2.47. The molecule has 0 aromatic carbocycles. The Kier molecular flexibility index (Phi) is 4.15. The van der Waals surface area contributed by atoms with Gasteiger partial charge in [-0.1, -0.05) is 12.8 Å². The van der Waals surface area contributed by atoms with E-state index in [1.807, 2.05) is 0 Å². The SMILES string of the molecule is CNS(=O)(=O)CCNC1CCCC1. The van der Waals surface area contributed by atoms with Crippen LogP contribution >= 0.6 is 0 Å². The molecule has 0 aromatic heterocycles. The van der Waals surface area contributed by atoms with Crippen molar-refractivity contribution in [3.8, 4) is 0 Å². The van der Waals surface area contributed by atoms with E-state index in [1.54, 1.807) is 0 Å². The largest absolute Gasteiger partial charge is 0.313 e. The maximum Gasteiger partial charge on any atom is 0.212 e. The number of rotatable bonds is 5. The summed E-state index contributed by atoms with van der Waals surface area (Å²) in [5, 5.41) is 3.25. The van der Waals surface area contributed by atoms with Gasteiger partial charge in [0.05, 0.1) is 5.75 Å². The summed E-state index contributed by atoms with van der Waals surface area (Å²) in [5.41, 5.74) is 0. The molecular weight excluding hydrogens is 188 g/mol. The van der Waals surface area contributed by atoms with Gasteiger partial charge in [0, 0.05) is 12.6 Å². The first kappa shape index (κ1) is 10.9. The first-order chi connectivity index (χ1) is 6.14. The van der Waals surface area contributed by atoms with Crippen LogP contribution in [0.1, 0.15) is 25.7 Å². The summed E-state index contributed by atoms with van der Waals surface area (Å²) in [5.74, 6) is 0.181. The number of sulfonamides is 1. The van der Waals surface area contributed by atoms with Crippen molar-refractivity contribution < 1.29 is 8.42 Å². The summed E-state index contributed by atoms with van der Waals surface area (Å²) in [6, 6.07) is 0.548. The van der Waals surface area contributed by atoms with E-state index in [-0.39, 0.29) is 5.75 Å². The van der Waals surface area contributed by atoms with E-state index in [4.69, 9.17) is 0 Å². The fourth-order valence-corrected chi connectivity index (χ4v) is 2.22. The van der Waals surface area contributed by atoms with Crippen LogP contribution in [-0.2, 0) is 10.0 Å². The standard InChI is InChI=1S/C8H18N2O2S/c1-9-13(11,12)7-6-10-8-4-2-3-5-8/h8-10H,2-7H2,1H3. The summed E-state index contributed by atoms with van der Waals surface area (Å²) in [6.07, 6.45) is 4.94. The van der Waals surface area contributed by atoms with E-state index in [9.17, 15) is 8.42 Å². The number of hydrogen-bond acceptors (Lipinski definition) is 3. The van der Waals surface area contributed by atoms with Crippen LogP contribution in [0.25, 0.3) is 0 Å². The van der Waals surface area contributed by atoms with Gasteiger partial charge in [0.1, 0.15) is 0 Å². The maximum absolute atomic E-state index is 11.0. The van der Waals surface area contributed by atoms with Gasteiger partial charge in [-0.15, -0.1) is 0 Å². The molecule has 0 bridgehead atoms. The molecule has 4 nitrogen and oxygen atoms in total. The summed E-state index contributed by atoms with van der Waals surface area (Å²) < 4.78 is 24.3. The Hall–Kier alpha value is -0.130. The maximum atomic E-state index is 11.0. The van der Waals surface area contributed by atoms with Crippen LogP contribution in [0.5, 0.6) is 0 Å². The highest BCUT2D eigenvalue weighted by Crippen LogP contribution is 2.17. The van der Waals surface area contributed by atoms with Crippen molar-refractivity contribution >= 4 is 10.0 Å². The lowest BCUT2D eigenvalue weighted by Crippen LogP contribution is -2.34. The molecule has 5 heteroatoms. The highest BCUT2D eigenvalue weighted by atomic mass is 32.2. The molecule has 78 valence electrons. The first-order valence-corrected chi connectivity index (χ1v) is 6.44. The second kappa shape index (κ2) is 4.93. The molecule has 13 heavy (non-hydrogen) atoms. The Labute approximate surface area is 80.1 Å². The van der Waals surface area contributed by atoms with Crippen LogP contribution in [-0.4, -0.2) is 33.8 Å². The van der Waals surface area contributed by atoms with Gasteiger partial charge in [-0.3, -0.25) is 0 Å². The topological polar surface area (TPSA) is 58.2 Å². The Morgan fingerprint density at radius 1 is 1.31 bits per heavy atom. The van der Waals surface area contributed by atoms with Gasteiger partial charge >= 0.3 is 0 Å². The van der Waals surface area contributed by atoms with E-state index < -0.39 is 10.0 Å². The van der Waals surface area contributed by atoms with Gasteiger partial charge in [-0.05, 0) is 19.9 Å². The fraction of sp³-hybridized carbons (Fsp3) is 1.00.